The van der Waals surface area contributed by atoms with Crippen molar-refractivity contribution < 1.29 is 24.2 Å². The molecular weight excluding hydrogens is 480 g/mol. The lowest BCUT2D eigenvalue weighted by molar-refractivity contribution is -0.146. The van der Waals surface area contributed by atoms with Gasteiger partial charge in [-0.25, -0.2) is 4.79 Å². The number of carbonyl (C=O) groups excluding carboxylic acids is 2. The van der Waals surface area contributed by atoms with Crippen LogP contribution < -0.4 is 10.1 Å². The predicted molar refractivity (Wildman–Crippen MR) is 148 cm³/mol. The number of carboxylic acids is 1. The van der Waals surface area contributed by atoms with Crippen LogP contribution in [0, 0.1) is 5.41 Å². The number of hydrogen-bond acceptors (Lipinski definition) is 4. The zero-order valence-corrected chi connectivity index (χ0v) is 22.1. The number of likely N-dealkylation sites (tertiary alicyclic amines) is 1. The molecule has 0 atom stereocenters. The fraction of sp³-hybridized carbons (Fsp3) is 0.323. The van der Waals surface area contributed by atoms with Crippen LogP contribution in [-0.4, -0.2) is 48.0 Å². The second kappa shape index (κ2) is 11.5. The molecule has 3 aromatic carbocycles. The van der Waals surface area contributed by atoms with Crippen LogP contribution >= 0.6 is 0 Å². The second-order valence-corrected chi connectivity index (χ2v) is 10.4. The van der Waals surface area contributed by atoms with Gasteiger partial charge in [0.05, 0.1) is 12.5 Å². The summed E-state index contributed by atoms with van der Waals surface area (Å²) in [5, 5.41) is 12.3. The van der Waals surface area contributed by atoms with E-state index in [0.29, 0.717) is 24.6 Å². The number of hydrogen-bond donors (Lipinski definition) is 2. The largest absolute Gasteiger partial charge is 0.497 e. The van der Waals surface area contributed by atoms with E-state index in [1.54, 1.807) is 33.1 Å². The first kappa shape index (κ1) is 26.9. The average molecular weight is 515 g/mol. The Bertz CT molecular complexity index is 1270. The number of nitrogens with zero attached hydrogens (tertiary/aromatic N) is 1. The van der Waals surface area contributed by atoms with Crippen LogP contribution in [0.5, 0.6) is 5.75 Å². The highest BCUT2D eigenvalue weighted by atomic mass is 16.5. The highest BCUT2D eigenvalue weighted by Gasteiger charge is 2.30. The van der Waals surface area contributed by atoms with Gasteiger partial charge in [0.25, 0.3) is 0 Å². The highest BCUT2D eigenvalue weighted by Crippen LogP contribution is 2.30. The summed E-state index contributed by atoms with van der Waals surface area (Å²) < 4.78 is 5.24. The summed E-state index contributed by atoms with van der Waals surface area (Å²) in [4.78, 5) is 38.5. The molecule has 1 heterocycles. The first-order valence-electron chi connectivity index (χ1n) is 12.8. The number of ketones is 1. The van der Waals surface area contributed by atoms with Gasteiger partial charge in [-0.3, -0.25) is 9.59 Å². The van der Waals surface area contributed by atoms with Crippen LogP contribution in [0.15, 0.2) is 72.8 Å². The van der Waals surface area contributed by atoms with Crippen molar-refractivity contribution in [1.29, 1.82) is 0 Å². The summed E-state index contributed by atoms with van der Waals surface area (Å²) in [6.45, 7) is 4.50. The van der Waals surface area contributed by atoms with E-state index >= 15 is 0 Å². The number of carboxylic acid groups (broad SMARTS) is 1. The maximum absolute atomic E-state index is 12.8. The molecule has 7 heteroatoms. The van der Waals surface area contributed by atoms with Gasteiger partial charge in [-0.1, -0.05) is 48.5 Å². The number of Topliss-reactive ketones (excluding diaryl/α,β-unsaturated/α-hetero) is 1. The molecule has 0 radical (unpaired) electrons. The quantitative estimate of drug-likeness (QED) is 0.337. The van der Waals surface area contributed by atoms with E-state index in [4.69, 9.17) is 4.74 Å². The van der Waals surface area contributed by atoms with Gasteiger partial charge < -0.3 is 20.1 Å². The summed E-state index contributed by atoms with van der Waals surface area (Å²) in [5.41, 5.74) is 3.26. The minimum absolute atomic E-state index is 0.0603. The van der Waals surface area contributed by atoms with Gasteiger partial charge in [-0.05, 0) is 73.6 Å². The van der Waals surface area contributed by atoms with E-state index in [1.165, 1.54) is 5.56 Å². The minimum atomic E-state index is -1.11. The number of methoxy groups -OCH3 is 1. The molecular formula is C31H34N2O5. The number of amides is 2. The zero-order valence-electron chi connectivity index (χ0n) is 22.1. The maximum Gasteiger partial charge on any atom is 0.321 e. The molecule has 0 spiro atoms. The number of carbonyl (C=O) groups is 3. The normalized spacial score (nSPS) is 14.1. The summed E-state index contributed by atoms with van der Waals surface area (Å²) in [6.07, 6.45) is 1.78. The van der Waals surface area contributed by atoms with E-state index in [9.17, 15) is 19.5 Å². The number of urea groups is 1. The number of aliphatic carboxylic acids is 1. The Labute approximate surface area is 223 Å². The van der Waals surface area contributed by atoms with Crippen LogP contribution in [0.4, 0.5) is 10.5 Å². The van der Waals surface area contributed by atoms with Crippen LogP contribution in [0.2, 0.25) is 0 Å². The maximum atomic E-state index is 12.8. The molecule has 3 aromatic rings. The minimum Gasteiger partial charge on any atom is -0.497 e. The molecule has 4 rings (SSSR count). The van der Waals surface area contributed by atoms with Crippen LogP contribution in [-0.2, 0) is 4.79 Å². The number of nitrogens with one attached hydrogen (secondary N) is 1. The van der Waals surface area contributed by atoms with Crippen molar-refractivity contribution in [3.8, 4) is 16.9 Å². The molecule has 1 aliphatic heterocycles. The Balaban J connectivity index is 1.30. The van der Waals surface area contributed by atoms with Crippen molar-refractivity contribution in [3.63, 3.8) is 0 Å². The number of ether oxygens (including phenoxy) is 1. The van der Waals surface area contributed by atoms with Crippen LogP contribution in [0.3, 0.4) is 0 Å². The number of benzene rings is 3. The third-order valence-corrected chi connectivity index (χ3v) is 7.23. The molecule has 0 bridgehead atoms. The molecule has 0 aromatic heterocycles. The smallest absolute Gasteiger partial charge is 0.321 e. The zero-order chi connectivity index (χ0) is 27.3. The summed E-state index contributed by atoms with van der Waals surface area (Å²) in [5.74, 6) is 0.0955. The molecule has 198 valence electrons. The number of anilines is 1. The Kier molecular flexibility index (Phi) is 8.15. The molecule has 1 saturated heterocycles. The van der Waals surface area contributed by atoms with Crippen molar-refractivity contribution in [2.45, 2.75) is 39.0 Å². The van der Waals surface area contributed by atoms with Crippen LogP contribution in [0.25, 0.3) is 11.1 Å². The summed E-state index contributed by atoms with van der Waals surface area (Å²) in [6, 6.07) is 22.8. The van der Waals surface area contributed by atoms with Crippen molar-refractivity contribution in [3.05, 3.63) is 83.9 Å². The summed E-state index contributed by atoms with van der Waals surface area (Å²) in [7, 11) is 1.66. The third-order valence-electron chi connectivity index (χ3n) is 7.23. The Morgan fingerprint density at radius 3 is 1.97 bits per heavy atom. The third kappa shape index (κ3) is 6.40. The van der Waals surface area contributed by atoms with E-state index in [-0.39, 0.29) is 18.2 Å². The van der Waals surface area contributed by atoms with E-state index in [0.717, 1.165) is 35.4 Å². The van der Waals surface area contributed by atoms with E-state index in [1.807, 2.05) is 53.4 Å². The van der Waals surface area contributed by atoms with Crippen LogP contribution in [0.1, 0.15) is 54.9 Å². The van der Waals surface area contributed by atoms with Gasteiger partial charge >= 0.3 is 12.0 Å². The number of piperidine rings is 1. The highest BCUT2D eigenvalue weighted by molar-refractivity contribution is 5.99. The Morgan fingerprint density at radius 1 is 0.895 bits per heavy atom. The first-order valence-corrected chi connectivity index (χ1v) is 12.8. The standard InChI is InChI=1S/C31H34N2O5/c1-31(2,29(35)36)20-28(34)25-6-4-21(5-7-25)22-8-12-26(13-9-22)32-30(37)33-18-16-24(17-19-33)23-10-14-27(38-3)15-11-23/h4-15,24H,16-20H2,1-3H3,(H,32,37)(H,35,36). The lowest BCUT2D eigenvalue weighted by Crippen LogP contribution is -2.40. The average Bonchev–Trinajstić information content (AvgIpc) is 2.93. The second-order valence-electron chi connectivity index (χ2n) is 10.4. The van der Waals surface area contributed by atoms with E-state index < -0.39 is 11.4 Å². The molecule has 0 aliphatic carbocycles. The summed E-state index contributed by atoms with van der Waals surface area (Å²) >= 11 is 0. The number of rotatable bonds is 8. The van der Waals surface area contributed by atoms with Crippen molar-refractivity contribution >= 4 is 23.5 Å². The molecule has 38 heavy (non-hydrogen) atoms. The molecule has 2 amide bonds. The van der Waals surface area contributed by atoms with Gasteiger partial charge in [0.1, 0.15) is 5.75 Å². The molecule has 7 nitrogen and oxygen atoms in total. The van der Waals surface area contributed by atoms with Gasteiger partial charge in [-0.2, -0.15) is 0 Å². The lowest BCUT2D eigenvalue weighted by Gasteiger charge is -2.32. The van der Waals surface area contributed by atoms with Gasteiger partial charge in [0.15, 0.2) is 5.78 Å². The van der Waals surface area contributed by atoms with Crippen molar-refractivity contribution in [2.75, 3.05) is 25.5 Å². The molecule has 0 saturated carbocycles. The monoisotopic (exact) mass is 514 g/mol. The van der Waals surface area contributed by atoms with Gasteiger partial charge in [-0.15, -0.1) is 0 Å². The van der Waals surface area contributed by atoms with Gasteiger partial charge in [0, 0.05) is 30.8 Å². The van der Waals surface area contributed by atoms with E-state index in [2.05, 4.69) is 17.4 Å². The SMILES string of the molecule is COc1ccc(C2CCN(C(=O)Nc3ccc(-c4ccc(C(=O)CC(C)(C)C(=O)O)cc4)cc3)CC2)cc1. The topological polar surface area (TPSA) is 95.9 Å². The Morgan fingerprint density at radius 2 is 1.45 bits per heavy atom. The fourth-order valence-corrected chi connectivity index (χ4v) is 4.67. The fourth-order valence-electron chi connectivity index (χ4n) is 4.67. The molecule has 2 N–H and O–H groups in total. The lowest BCUT2D eigenvalue weighted by atomic mass is 9.85. The van der Waals surface area contributed by atoms with Crippen molar-refractivity contribution in [1.82, 2.24) is 4.90 Å². The first-order chi connectivity index (χ1) is 18.2. The molecule has 1 aliphatic rings. The Hall–Kier alpha value is -4.13. The molecule has 0 unspecified atom stereocenters. The van der Waals surface area contributed by atoms with Crippen molar-refractivity contribution in [2.24, 2.45) is 5.41 Å². The molecule has 1 fully saturated rings. The predicted octanol–water partition coefficient (Wildman–Crippen LogP) is 6.46. The van der Waals surface area contributed by atoms with Gasteiger partial charge in [0.2, 0.25) is 0 Å².